The molecule has 6 nitrogen and oxygen atoms in total. The van der Waals surface area contributed by atoms with Gasteiger partial charge in [-0.1, -0.05) is 0 Å². The van der Waals surface area contributed by atoms with Crippen molar-refractivity contribution in [2.45, 2.75) is 19.9 Å². The van der Waals surface area contributed by atoms with Crippen molar-refractivity contribution in [3.8, 4) is 5.75 Å². The van der Waals surface area contributed by atoms with Gasteiger partial charge in [-0.05, 0) is 50.2 Å². The molecule has 6 heteroatoms. The summed E-state index contributed by atoms with van der Waals surface area (Å²) in [5.41, 5.74) is 5.48. The van der Waals surface area contributed by atoms with Crippen LogP contribution in [0.5, 0.6) is 5.75 Å². The lowest BCUT2D eigenvalue weighted by Gasteiger charge is -2.12. The van der Waals surface area contributed by atoms with E-state index in [9.17, 15) is 9.59 Å². The average molecular weight is 302 g/mol. The molecule has 1 atom stereocenters. The monoisotopic (exact) mass is 302 g/mol. The van der Waals surface area contributed by atoms with Gasteiger partial charge in [0, 0.05) is 5.56 Å². The quantitative estimate of drug-likeness (QED) is 0.852. The van der Waals surface area contributed by atoms with Crippen LogP contribution in [0.25, 0.3) is 0 Å². The van der Waals surface area contributed by atoms with Crippen LogP contribution in [-0.2, 0) is 4.79 Å². The smallest absolute Gasteiger partial charge is 0.255 e. The maximum Gasteiger partial charge on any atom is 0.255 e. The first-order valence-corrected chi connectivity index (χ1v) is 6.84. The Balaban J connectivity index is 1.96. The molecule has 0 aliphatic carbocycles. The van der Waals surface area contributed by atoms with Crippen LogP contribution in [-0.4, -0.2) is 18.4 Å². The standard InChI is InChI=1S/C16H18N2O4/c1-10-3-8-14(22-10)11(2)18-16(20)12-4-6-13(7-5-12)21-9-15(17)19/h3-8,11H,9H2,1-2H3,(H2,17,19)(H,18,20). The van der Waals surface area contributed by atoms with E-state index < -0.39 is 5.91 Å². The van der Waals surface area contributed by atoms with Crippen molar-refractivity contribution in [1.29, 1.82) is 0 Å². The molecule has 2 rings (SSSR count). The number of nitrogens with one attached hydrogen (secondary N) is 1. The van der Waals surface area contributed by atoms with Gasteiger partial charge in [0.2, 0.25) is 0 Å². The zero-order chi connectivity index (χ0) is 16.1. The van der Waals surface area contributed by atoms with Crippen molar-refractivity contribution in [2.24, 2.45) is 5.73 Å². The molecule has 0 aliphatic heterocycles. The second-order valence-electron chi connectivity index (χ2n) is 4.92. The maximum absolute atomic E-state index is 12.1. The van der Waals surface area contributed by atoms with Crippen LogP contribution in [0.3, 0.4) is 0 Å². The van der Waals surface area contributed by atoms with Crippen LogP contribution in [0.15, 0.2) is 40.8 Å². The lowest BCUT2D eigenvalue weighted by molar-refractivity contribution is -0.119. The summed E-state index contributed by atoms with van der Waals surface area (Å²) in [6, 6.07) is 9.91. The molecule has 1 heterocycles. The van der Waals surface area contributed by atoms with Gasteiger partial charge in [-0.15, -0.1) is 0 Å². The molecule has 0 bridgehead atoms. The predicted octanol–water partition coefficient (Wildman–Crippen LogP) is 1.94. The van der Waals surface area contributed by atoms with Crippen LogP contribution in [0.4, 0.5) is 0 Å². The van der Waals surface area contributed by atoms with Crippen LogP contribution >= 0.6 is 0 Å². The summed E-state index contributed by atoms with van der Waals surface area (Å²) >= 11 is 0. The molecule has 0 saturated heterocycles. The fourth-order valence-corrected chi connectivity index (χ4v) is 1.89. The second kappa shape index (κ2) is 6.80. The van der Waals surface area contributed by atoms with Crippen molar-refractivity contribution in [3.63, 3.8) is 0 Å². The summed E-state index contributed by atoms with van der Waals surface area (Å²) in [5.74, 6) is 1.21. The minimum Gasteiger partial charge on any atom is -0.484 e. The molecular formula is C16H18N2O4. The van der Waals surface area contributed by atoms with Crippen LogP contribution in [0, 0.1) is 6.92 Å². The van der Waals surface area contributed by atoms with E-state index in [4.69, 9.17) is 14.9 Å². The Morgan fingerprint density at radius 3 is 2.45 bits per heavy atom. The number of primary amides is 1. The third kappa shape index (κ3) is 4.12. The summed E-state index contributed by atoms with van der Waals surface area (Å²) in [4.78, 5) is 22.8. The highest BCUT2D eigenvalue weighted by Crippen LogP contribution is 2.17. The number of carbonyl (C=O) groups excluding carboxylic acids is 2. The van der Waals surface area contributed by atoms with E-state index in [-0.39, 0.29) is 18.6 Å². The largest absolute Gasteiger partial charge is 0.484 e. The average Bonchev–Trinajstić information content (AvgIpc) is 2.92. The highest BCUT2D eigenvalue weighted by molar-refractivity contribution is 5.94. The number of furan rings is 1. The first-order chi connectivity index (χ1) is 10.5. The van der Waals surface area contributed by atoms with Crippen molar-refractivity contribution in [1.82, 2.24) is 5.32 Å². The van der Waals surface area contributed by atoms with E-state index in [1.165, 1.54) is 0 Å². The summed E-state index contributed by atoms with van der Waals surface area (Å²) in [7, 11) is 0. The predicted molar refractivity (Wildman–Crippen MR) is 80.5 cm³/mol. The van der Waals surface area contributed by atoms with Crippen LogP contribution in [0.2, 0.25) is 0 Å². The van der Waals surface area contributed by atoms with Gasteiger partial charge in [-0.2, -0.15) is 0 Å². The molecule has 0 aliphatic rings. The highest BCUT2D eigenvalue weighted by atomic mass is 16.5. The third-order valence-corrected chi connectivity index (χ3v) is 3.03. The van der Waals surface area contributed by atoms with Gasteiger partial charge in [-0.25, -0.2) is 0 Å². The Labute approximate surface area is 128 Å². The van der Waals surface area contributed by atoms with E-state index in [1.807, 2.05) is 26.0 Å². The van der Waals surface area contributed by atoms with Crippen molar-refractivity contribution in [3.05, 3.63) is 53.5 Å². The molecule has 2 amide bonds. The summed E-state index contributed by atoms with van der Waals surface area (Å²) < 4.78 is 10.6. The number of nitrogens with two attached hydrogens (primary N) is 1. The maximum atomic E-state index is 12.1. The molecule has 1 unspecified atom stereocenters. The summed E-state index contributed by atoms with van der Waals surface area (Å²) in [5, 5.41) is 2.85. The van der Waals surface area contributed by atoms with Gasteiger partial charge in [0.25, 0.3) is 11.8 Å². The molecule has 0 fully saturated rings. The molecule has 1 aromatic carbocycles. The van der Waals surface area contributed by atoms with E-state index >= 15 is 0 Å². The topological polar surface area (TPSA) is 94.6 Å². The minimum absolute atomic E-state index is 0.194. The lowest BCUT2D eigenvalue weighted by Crippen LogP contribution is -2.26. The SMILES string of the molecule is Cc1ccc(C(C)NC(=O)c2ccc(OCC(N)=O)cc2)o1. The number of aryl methyl sites for hydroxylation is 1. The number of benzene rings is 1. The molecule has 1 aromatic heterocycles. The van der Waals surface area contributed by atoms with Crippen molar-refractivity contribution < 1.29 is 18.7 Å². The van der Waals surface area contributed by atoms with Gasteiger partial charge in [0.05, 0.1) is 6.04 Å². The first kappa shape index (κ1) is 15.6. The first-order valence-electron chi connectivity index (χ1n) is 6.84. The molecule has 0 radical (unpaired) electrons. The number of carbonyl (C=O) groups is 2. The van der Waals surface area contributed by atoms with Gasteiger partial charge < -0.3 is 20.2 Å². The number of hydrogen-bond donors (Lipinski definition) is 2. The Morgan fingerprint density at radius 1 is 1.23 bits per heavy atom. The Kier molecular flexibility index (Phi) is 4.83. The van der Waals surface area contributed by atoms with Crippen LogP contribution in [0.1, 0.15) is 34.8 Å². The molecule has 3 N–H and O–H groups in total. The van der Waals surface area contributed by atoms with Crippen molar-refractivity contribution >= 4 is 11.8 Å². The zero-order valence-corrected chi connectivity index (χ0v) is 12.5. The Morgan fingerprint density at radius 2 is 1.91 bits per heavy atom. The molecule has 0 spiro atoms. The number of hydrogen-bond acceptors (Lipinski definition) is 4. The Hall–Kier alpha value is -2.76. The summed E-state index contributed by atoms with van der Waals surface area (Å²) in [6.45, 7) is 3.50. The Bertz CT molecular complexity index is 661. The van der Waals surface area contributed by atoms with Gasteiger partial charge in [-0.3, -0.25) is 9.59 Å². The molecular weight excluding hydrogens is 284 g/mol. The van der Waals surface area contributed by atoms with Crippen molar-refractivity contribution in [2.75, 3.05) is 6.61 Å². The van der Waals surface area contributed by atoms with Crippen LogP contribution < -0.4 is 15.8 Å². The van der Waals surface area contributed by atoms with Gasteiger partial charge >= 0.3 is 0 Å². The normalized spacial score (nSPS) is 11.7. The van der Waals surface area contributed by atoms with E-state index in [0.717, 1.165) is 5.76 Å². The van der Waals surface area contributed by atoms with E-state index in [1.54, 1.807) is 24.3 Å². The van der Waals surface area contributed by atoms with E-state index in [2.05, 4.69) is 5.32 Å². The second-order valence-corrected chi connectivity index (χ2v) is 4.92. The lowest BCUT2D eigenvalue weighted by atomic mass is 10.2. The highest BCUT2D eigenvalue weighted by Gasteiger charge is 2.14. The minimum atomic E-state index is -0.551. The van der Waals surface area contributed by atoms with Gasteiger partial charge in [0.15, 0.2) is 6.61 Å². The molecule has 0 saturated carbocycles. The molecule has 22 heavy (non-hydrogen) atoms. The third-order valence-electron chi connectivity index (χ3n) is 3.03. The fourth-order valence-electron chi connectivity index (χ4n) is 1.89. The fraction of sp³-hybridized carbons (Fsp3) is 0.250. The molecule has 116 valence electrons. The zero-order valence-electron chi connectivity index (χ0n) is 12.5. The number of amides is 2. The molecule has 2 aromatic rings. The van der Waals surface area contributed by atoms with E-state index in [0.29, 0.717) is 17.1 Å². The van der Waals surface area contributed by atoms with Gasteiger partial charge in [0.1, 0.15) is 17.3 Å². The number of ether oxygens (including phenoxy) is 1. The summed E-state index contributed by atoms with van der Waals surface area (Å²) in [6.07, 6.45) is 0. The number of rotatable bonds is 6.